The molecule has 0 aliphatic carbocycles. The van der Waals surface area contributed by atoms with Crippen LogP contribution in [0.15, 0.2) is 71.8 Å². The number of pyridine rings is 1. The number of amides is 1. The summed E-state index contributed by atoms with van der Waals surface area (Å²) in [5.74, 6) is 0.0639. The van der Waals surface area contributed by atoms with E-state index in [2.05, 4.69) is 27.5 Å². The molecule has 2 N–H and O–H groups in total. The van der Waals surface area contributed by atoms with Crippen LogP contribution in [0.4, 0.5) is 10.1 Å². The van der Waals surface area contributed by atoms with Gasteiger partial charge in [0, 0.05) is 11.9 Å². The van der Waals surface area contributed by atoms with Gasteiger partial charge in [0.05, 0.1) is 17.8 Å². The van der Waals surface area contributed by atoms with Crippen LogP contribution in [0.5, 0.6) is 0 Å². The van der Waals surface area contributed by atoms with Crippen LogP contribution < -0.4 is 10.6 Å². The Morgan fingerprint density at radius 1 is 1.31 bits per heavy atom. The van der Waals surface area contributed by atoms with E-state index in [9.17, 15) is 9.18 Å². The molecule has 1 unspecified atom stereocenters. The van der Waals surface area contributed by atoms with Gasteiger partial charge in [0.25, 0.3) is 5.91 Å². The molecule has 1 aliphatic heterocycles. The molecule has 7 heteroatoms. The number of allylic oxidation sites excluding steroid dienone is 3. The van der Waals surface area contributed by atoms with Crippen LogP contribution in [0.3, 0.4) is 0 Å². The SMILES string of the molecule is CC1\C=C(N[C@@H](C)c2cccc(NC(=O)c3cncc(F)c3)c2)/N=C(Cl)/C=C/C1. The first-order chi connectivity index (χ1) is 13.9. The summed E-state index contributed by atoms with van der Waals surface area (Å²) in [6.07, 6.45) is 9.13. The molecular formula is C22H22ClFN4O. The van der Waals surface area contributed by atoms with Gasteiger partial charge in [-0.25, -0.2) is 9.38 Å². The topological polar surface area (TPSA) is 66.4 Å². The molecule has 0 saturated carbocycles. The Balaban J connectivity index is 1.73. The van der Waals surface area contributed by atoms with Crippen LogP contribution >= 0.6 is 11.6 Å². The quantitative estimate of drug-likeness (QED) is 0.709. The number of carbonyl (C=O) groups excluding carboxylic acids is 1. The van der Waals surface area contributed by atoms with E-state index in [1.54, 1.807) is 12.1 Å². The van der Waals surface area contributed by atoms with E-state index in [1.165, 1.54) is 6.20 Å². The summed E-state index contributed by atoms with van der Waals surface area (Å²) in [6, 6.07) is 8.52. The fourth-order valence-electron chi connectivity index (χ4n) is 2.92. The maximum Gasteiger partial charge on any atom is 0.257 e. The highest BCUT2D eigenvalue weighted by molar-refractivity contribution is 6.68. The summed E-state index contributed by atoms with van der Waals surface area (Å²) in [5.41, 5.74) is 1.72. The van der Waals surface area contributed by atoms with Gasteiger partial charge in [-0.05, 0) is 55.2 Å². The van der Waals surface area contributed by atoms with Gasteiger partial charge in [-0.2, -0.15) is 0 Å². The zero-order chi connectivity index (χ0) is 20.8. The number of hydrogen-bond donors (Lipinski definition) is 2. The molecule has 0 bridgehead atoms. The average Bonchev–Trinajstić information content (AvgIpc) is 2.67. The van der Waals surface area contributed by atoms with E-state index in [0.717, 1.165) is 24.2 Å². The second-order valence-corrected chi connectivity index (χ2v) is 7.33. The number of hydrogen-bond acceptors (Lipinski definition) is 4. The predicted molar refractivity (Wildman–Crippen MR) is 114 cm³/mol. The molecule has 1 aromatic heterocycles. The number of nitrogens with one attached hydrogen (secondary N) is 2. The molecule has 0 saturated heterocycles. The highest BCUT2D eigenvalue weighted by Crippen LogP contribution is 2.21. The van der Waals surface area contributed by atoms with Crippen LogP contribution in [0.1, 0.15) is 42.2 Å². The Labute approximate surface area is 174 Å². The van der Waals surface area contributed by atoms with Crippen LogP contribution in [-0.2, 0) is 0 Å². The smallest absolute Gasteiger partial charge is 0.257 e. The van der Waals surface area contributed by atoms with E-state index >= 15 is 0 Å². The van der Waals surface area contributed by atoms with Crippen LogP contribution in [0, 0.1) is 11.7 Å². The molecule has 2 atom stereocenters. The molecule has 29 heavy (non-hydrogen) atoms. The minimum absolute atomic E-state index is 0.0715. The van der Waals surface area contributed by atoms with Crippen molar-refractivity contribution in [3.8, 4) is 0 Å². The Morgan fingerprint density at radius 3 is 2.93 bits per heavy atom. The molecule has 5 nitrogen and oxygen atoms in total. The number of halogens is 2. The number of aromatic nitrogens is 1. The van der Waals surface area contributed by atoms with Crippen molar-refractivity contribution in [1.82, 2.24) is 10.3 Å². The number of benzene rings is 1. The molecule has 150 valence electrons. The van der Waals surface area contributed by atoms with Gasteiger partial charge in [-0.3, -0.25) is 9.78 Å². The fraction of sp³-hybridized carbons (Fsp3) is 0.227. The number of aliphatic imine (C=N–C) groups is 1. The van der Waals surface area contributed by atoms with Crippen molar-refractivity contribution in [3.05, 3.63) is 83.7 Å². The third-order valence-corrected chi connectivity index (χ3v) is 4.62. The van der Waals surface area contributed by atoms with E-state index in [4.69, 9.17) is 11.6 Å². The van der Waals surface area contributed by atoms with Crippen molar-refractivity contribution in [3.63, 3.8) is 0 Å². The van der Waals surface area contributed by atoms with Crippen LogP contribution in [0.2, 0.25) is 0 Å². The molecule has 1 amide bonds. The van der Waals surface area contributed by atoms with E-state index in [1.807, 2.05) is 37.3 Å². The monoisotopic (exact) mass is 412 g/mol. The number of rotatable bonds is 5. The fourth-order valence-corrected chi connectivity index (χ4v) is 3.10. The molecule has 1 aromatic carbocycles. The largest absolute Gasteiger partial charge is 0.364 e. The predicted octanol–water partition coefficient (Wildman–Crippen LogP) is 5.20. The standard InChI is InChI=1S/C22H22ClFN4O/c1-14-5-3-8-20(23)28-21(9-14)26-15(2)16-6-4-7-19(11-16)27-22(29)17-10-18(24)13-25-12-17/h3-4,6-15,26H,5H2,1-2H3,(H,27,29)/b8-3+,21-9-,28-20-/t14?,15-/m0/s1. The lowest BCUT2D eigenvalue weighted by atomic mass is 10.1. The second-order valence-electron chi connectivity index (χ2n) is 6.94. The van der Waals surface area contributed by atoms with Crippen LogP contribution in [0.25, 0.3) is 0 Å². The first-order valence-electron chi connectivity index (χ1n) is 9.31. The van der Waals surface area contributed by atoms with Crippen molar-refractivity contribution in [2.45, 2.75) is 26.3 Å². The molecule has 0 spiro atoms. The summed E-state index contributed by atoms with van der Waals surface area (Å²) < 4.78 is 13.3. The highest BCUT2D eigenvalue weighted by atomic mass is 35.5. The molecule has 0 fully saturated rings. The Hall–Kier alpha value is -2.99. The molecular weight excluding hydrogens is 391 g/mol. The van der Waals surface area contributed by atoms with E-state index < -0.39 is 11.7 Å². The van der Waals surface area contributed by atoms with Gasteiger partial charge in [-0.1, -0.05) is 36.7 Å². The van der Waals surface area contributed by atoms with Crippen molar-refractivity contribution in [2.75, 3.05) is 5.32 Å². The summed E-state index contributed by atoms with van der Waals surface area (Å²) in [7, 11) is 0. The Bertz CT molecular complexity index is 986. The van der Waals surface area contributed by atoms with Crippen molar-refractivity contribution in [1.29, 1.82) is 0 Å². The van der Waals surface area contributed by atoms with Gasteiger partial charge >= 0.3 is 0 Å². The molecule has 1 aliphatic rings. The zero-order valence-electron chi connectivity index (χ0n) is 16.2. The number of carbonyl (C=O) groups is 1. The maximum atomic E-state index is 13.3. The van der Waals surface area contributed by atoms with Gasteiger partial charge < -0.3 is 10.6 Å². The minimum Gasteiger partial charge on any atom is -0.364 e. The lowest BCUT2D eigenvalue weighted by molar-refractivity contribution is 0.102. The molecule has 0 radical (unpaired) electrons. The number of anilines is 1. The highest BCUT2D eigenvalue weighted by Gasteiger charge is 2.12. The lowest BCUT2D eigenvalue weighted by Gasteiger charge is -2.19. The number of nitrogens with zero attached hydrogens (tertiary/aromatic N) is 2. The van der Waals surface area contributed by atoms with E-state index in [-0.39, 0.29) is 11.6 Å². The van der Waals surface area contributed by atoms with Crippen molar-refractivity contribution >= 4 is 28.4 Å². The lowest BCUT2D eigenvalue weighted by Crippen LogP contribution is -2.19. The summed E-state index contributed by atoms with van der Waals surface area (Å²) >= 11 is 6.12. The molecule has 3 rings (SSSR count). The van der Waals surface area contributed by atoms with E-state index in [0.29, 0.717) is 22.6 Å². The maximum absolute atomic E-state index is 13.3. The third kappa shape index (κ3) is 5.99. The molecule has 2 aromatic rings. The first-order valence-corrected chi connectivity index (χ1v) is 9.69. The average molecular weight is 413 g/mol. The van der Waals surface area contributed by atoms with Crippen molar-refractivity contribution in [2.24, 2.45) is 10.9 Å². The van der Waals surface area contributed by atoms with Gasteiger partial charge in [0.2, 0.25) is 0 Å². The Kier molecular flexibility index (Phi) is 6.77. The third-order valence-electron chi connectivity index (χ3n) is 4.41. The van der Waals surface area contributed by atoms with Crippen LogP contribution in [-0.4, -0.2) is 16.1 Å². The normalized spacial score (nSPS) is 22.1. The summed E-state index contributed by atoms with van der Waals surface area (Å²) in [4.78, 5) is 20.4. The minimum atomic E-state index is -0.556. The zero-order valence-corrected chi connectivity index (χ0v) is 16.9. The van der Waals surface area contributed by atoms with Gasteiger partial charge in [0.1, 0.15) is 16.8 Å². The first kappa shape index (κ1) is 20.7. The van der Waals surface area contributed by atoms with Gasteiger partial charge in [0.15, 0.2) is 0 Å². The van der Waals surface area contributed by atoms with Crippen molar-refractivity contribution < 1.29 is 9.18 Å². The summed E-state index contributed by atoms with van der Waals surface area (Å²) in [5, 5.41) is 6.56. The Morgan fingerprint density at radius 2 is 2.14 bits per heavy atom. The molecule has 2 heterocycles. The summed E-state index contributed by atoms with van der Waals surface area (Å²) in [6.45, 7) is 4.11. The van der Waals surface area contributed by atoms with Gasteiger partial charge in [-0.15, -0.1) is 0 Å². The second kappa shape index (κ2) is 9.47.